The van der Waals surface area contributed by atoms with Gasteiger partial charge in [-0.05, 0) is 80.5 Å². The van der Waals surface area contributed by atoms with E-state index in [0.717, 1.165) is 23.4 Å². The number of guanidine groups is 1. The lowest BCUT2D eigenvalue weighted by Gasteiger charge is -2.54. The van der Waals surface area contributed by atoms with Gasteiger partial charge in [0.05, 0.1) is 5.54 Å². The molecule has 0 unspecified atom stereocenters. The first-order valence-corrected chi connectivity index (χ1v) is 8.02. The third-order valence-corrected chi connectivity index (χ3v) is 5.50. The minimum absolute atomic E-state index is 0.1000. The quantitative estimate of drug-likeness (QED) is 0.444. The van der Waals surface area contributed by atoms with Crippen LogP contribution in [0.5, 0.6) is 5.75 Å². The summed E-state index contributed by atoms with van der Waals surface area (Å²) in [5, 5.41) is 12.5. The van der Waals surface area contributed by atoms with Gasteiger partial charge in [-0.2, -0.15) is 0 Å². The van der Waals surface area contributed by atoms with Crippen LogP contribution in [0.3, 0.4) is 0 Å². The van der Waals surface area contributed by atoms with E-state index in [9.17, 15) is 5.11 Å². The van der Waals surface area contributed by atoms with Crippen molar-refractivity contribution in [2.45, 2.75) is 44.1 Å². The molecule has 0 atom stereocenters. The molecule has 4 aliphatic rings. The molecule has 5 rings (SSSR count). The molecule has 4 nitrogen and oxygen atoms in total. The maximum Gasteiger partial charge on any atom is 0.193 e. The number of benzene rings is 1. The van der Waals surface area contributed by atoms with Crippen LogP contribution in [-0.4, -0.2) is 16.6 Å². The molecule has 1 aromatic carbocycles. The second-order valence-corrected chi connectivity index (χ2v) is 7.31. The highest BCUT2D eigenvalue weighted by atomic mass is 16.3. The highest BCUT2D eigenvalue weighted by Gasteiger charge is 2.51. The second-order valence-electron chi connectivity index (χ2n) is 7.31. The predicted molar refractivity (Wildman–Crippen MR) is 84.3 cm³/mol. The fraction of sp³-hybridized carbons (Fsp3) is 0.588. The van der Waals surface area contributed by atoms with Gasteiger partial charge in [0.1, 0.15) is 5.75 Å². The summed E-state index contributed by atoms with van der Waals surface area (Å²) in [4.78, 5) is 4.91. The van der Waals surface area contributed by atoms with Crippen molar-refractivity contribution in [3.8, 4) is 5.75 Å². The van der Waals surface area contributed by atoms with Crippen LogP contribution in [-0.2, 0) is 0 Å². The van der Waals surface area contributed by atoms with Crippen molar-refractivity contribution in [2.75, 3.05) is 5.32 Å². The van der Waals surface area contributed by atoms with Gasteiger partial charge in [-0.1, -0.05) is 0 Å². The van der Waals surface area contributed by atoms with Gasteiger partial charge in [0.2, 0.25) is 0 Å². The van der Waals surface area contributed by atoms with Crippen LogP contribution in [0, 0.1) is 17.8 Å². The monoisotopic (exact) mass is 285 g/mol. The molecule has 0 radical (unpaired) electrons. The predicted octanol–water partition coefficient (Wildman–Crippen LogP) is 3.09. The third kappa shape index (κ3) is 2.47. The van der Waals surface area contributed by atoms with Crippen LogP contribution in [0.1, 0.15) is 38.5 Å². The number of nitrogens with zero attached hydrogens (tertiary/aromatic N) is 1. The van der Waals surface area contributed by atoms with E-state index in [-0.39, 0.29) is 11.3 Å². The Morgan fingerprint density at radius 1 is 1.05 bits per heavy atom. The number of rotatable bonds is 2. The number of nitrogens with one attached hydrogen (secondary N) is 1. The third-order valence-electron chi connectivity index (χ3n) is 5.50. The van der Waals surface area contributed by atoms with Crippen LogP contribution in [0.15, 0.2) is 29.3 Å². The van der Waals surface area contributed by atoms with Crippen LogP contribution in [0.25, 0.3) is 0 Å². The molecule has 0 spiro atoms. The van der Waals surface area contributed by atoms with Gasteiger partial charge >= 0.3 is 0 Å². The van der Waals surface area contributed by atoms with E-state index in [1.807, 2.05) is 12.1 Å². The first-order valence-electron chi connectivity index (χ1n) is 8.02. The number of nitrogens with two attached hydrogens (primary N) is 1. The largest absolute Gasteiger partial charge is 0.508 e. The molecule has 0 aromatic heterocycles. The average Bonchev–Trinajstić information content (AvgIpc) is 2.39. The van der Waals surface area contributed by atoms with E-state index in [4.69, 9.17) is 10.7 Å². The normalized spacial score (nSPS) is 37.7. The van der Waals surface area contributed by atoms with E-state index in [1.54, 1.807) is 12.1 Å². The Morgan fingerprint density at radius 2 is 1.57 bits per heavy atom. The molecule has 4 heteroatoms. The summed E-state index contributed by atoms with van der Waals surface area (Å²) in [5.74, 6) is 3.41. The van der Waals surface area contributed by atoms with Gasteiger partial charge in [-0.25, -0.2) is 4.99 Å². The molecule has 4 aliphatic carbocycles. The second kappa shape index (κ2) is 4.65. The smallest absolute Gasteiger partial charge is 0.193 e. The Hall–Kier alpha value is -1.71. The lowest BCUT2D eigenvalue weighted by molar-refractivity contribution is 0.00164. The number of aromatic hydroxyl groups is 1. The molecule has 4 fully saturated rings. The maximum atomic E-state index is 9.31. The number of phenols is 1. The zero-order chi connectivity index (χ0) is 14.4. The Kier molecular flexibility index (Phi) is 2.88. The van der Waals surface area contributed by atoms with Crippen LogP contribution in [0.2, 0.25) is 0 Å². The van der Waals surface area contributed by atoms with Gasteiger partial charge in [0, 0.05) is 5.69 Å². The fourth-order valence-electron chi connectivity index (χ4n) is 5.18. The standard InChI is InChI=1S/C17H23N3O/c18-16(19-14-1-3-15(21)4-2-14)20-17-8-11-5-12(9-17)7-13(6-11)10-17/h1-4,11-13,21H,5-10H2,(H3,18,19,20). The maximum absolute atomic E-state index is 9.31. The lowest BCUT2D eigenvalue weighted by atomic mass is 9.53. The number of aliphatic imine (C=N–C) groups is 1. The molecule has 112 valence electrons. The van der Waals surface area contributed by atoms with E-state index < -0.39 is 0 Å². The Bertz CT molecular complexity index is 529. The first-order chi connectivity index (χ1) is 10.1. The molecule has 4 bridgehead atoms. The number of anilines is 1. The molecule has 21 heavy (non-hydrogen) atoms. The number of phenolic OH excluding ortho intramolecular Hbond substituents is 1. The summed E-state index contributed by atoms with van der Waals surface area (Å²) in [6, 6.07) is 6.94. The lowest BCUT2D eigenvalue weighted by Crippen LogP contribution is -2.50. The summed E-state index contributed by atoms with van der Waals surface area (Å²) in [7, 11) is 0. The van der Waals surface area contributed by atoms with Gasteiger partial charge in [0.25, 0.3) is 0 Å². The average molecular weight is 285 g/mol. The SMILES string of the molecule is NC(=NC12CC3CC(CC(C3)C1)C2)Nc1ccc(O)cc1. The van der Waals surface area contributed by atoms with E-state index in [0.29, 0.717) is 5.96 Å². The van der Waals surface area contributed by atoms with Crippen molar-refractivity contribution in [2.24, 2.45) is 28.5 Å². The van der Waals surface area contributed by atoms with E-state index in [1.165, 1.54) is 38.5 Å². The van der Waals surface area contributed by atoms with Crippen LogP contribution in [0.4, 0.5) is 5.69 Å². The summed E-state index contributed by atoms with van der Waals surface area (Å²) < 4.78 is 0. The minimum atomic E-state index is 0.1000. The zero-order valence-corrected chi connectivity index (χ0v) is 12.3. The molecule has 4 saturated carbocycles. The van der Waals surface area contributed by atoms with Crippen molar-refractivity contribution in [3.63, 3.8) is 0 Å². The van der Waals surface area contributed by atoms with Gasteiger partial charge in [-0.3, -0.25) is 0 Å². The van der Waals surface area contributed by atoms with Crippen molar-refractivity contribution in [1.82, 2.24) is 0 Å². The van der Waals surface area contributed by atoms with E-state index in [2.05, 4.69) is 5.32 Å². The summed E-state index contributed by atoms with van der Waals surface area (Å²) in [6.07, 6.45) is 7.91. The van der Waals surface area contributed by atoms with Crippen molar-refractivity contribution < 1.29 is 5.11 Å². The van der Waals surface area contributed by atoms with E-state index >= 15 is 0 Å². The molecule has 1 aromatic rings. The fourth-order valence-corrected chi connectivity index (χ4v) is 5.18. The molecule has 0 saturated heterocycles. The molecule has 0 aliphatic heterocycles. The Labute approximate surface area is 125 Å². The highest BCUT2D eigenvalue weighted by Crippen LogP contribution is 2.57. The Balaban J connectivity index is 1.52. The highest BCUT2D eigenvalue weighted by molar-refractivity contribution is 5.92. The van der Waals surface area contributed by atoms with Crippen LogP contribution >= 0.6 is 0 Å². The van der Waals surface area contributed by atoms with Crippen LogP contribution < -0.4 is 11.1 Å². The van der Waals surface area contributed by atoms with Gasteiger partial charge in [0.15, 0.2) is 5.96 Å². The molecule has 4 N–H and O–H groups in total. The molecule has 0 amide bonds. The zero-order valence-electron chi connectivity index (χ0n) is 12.3. The minimum Gasteiger partial charge on any atom is -0.508 e. The van der Waals surface area contributed by atoms with Crippen molar-refractivity contribution >= 4 is 11.6 Å². The van der Waals surface area contributed by atoms with Gasteiger partial charge in [-0.15, -0.1) is 0 Å². The van der Waals surface area contributed by atoms with Crippen molar-refractivity contribution in [1.29, 1.82) is 0 Å². The number of hydrogen-bond acceptors (Lipinski definition) is 2. The Morgan fingerprint density at radius 3 is 2.10 bits per heavy atom. The van der Waals surface area contributed by atoms with Crippen molar-refractivity contribution in [3.05, 3.63) is 24.3 Å². The first kappa shape index (κ1) is 13.0. The van der Waals surface area contributed by atoms with Gasteiger partial charge < -0.3 is 16.2 Å². The number of hydrogen-bond donors (Lipinski definition) is 3. The molecular weight excluding hydrogens is 262 g/mol. The molecule has 0 heterocycles. The summed E-state index contributed by atoms with van der Waals surface area (Å²) in [5.41, 5.74) is 7.12. The topological polar surface area (TPSA) is 70.6 Å². The summed E-state index contributed by atoms with van der Waals surface area (Å²) >= 11 is 0. The molecular formula is C17H23N3O. The summed E-state index contributed by atoms with van der Waals surface area (Å²) in [6.45, 7) is 0.